The number of nitrogens with one attached hydrogen (secondary N) is 1. The summed E-state index contributed by atoms with van der Waals surface area (Å²) in [6.07, 6.45) is 5.17. The van der Waals surface area contributed by atoms with Crippen LogP contribution in [0.2, 0.25) is 0 Å². The van der Waals surface area contributed by atoms with E-state index in [1.165, 1.54) is 12.8 Å². The Kier molecular flexibility index (Phi) is 3.55. The molecule has 2 aromatic rings. The maximum Gasteiger partial charge on any atom is 0.199 e. The molecule has 2 aromatic heterocycles. The lowest BCUT2D eigenvalue weighted by Gasteiger charge is -2.08. The third kappa shape index (κ3) is 2.81. The van der Waals surface area contributed by atoms with Crippen molar-refractivity contribution in [3.05, 3.63) is 28.6 Å². The van der Waals surface area contributed by atoms with Crippen molar-refractivity contribution >= 4 is 21.7 Å². The zero-order chi connectivity index (χ0) is 13.2. The van der Waals surface area contributed by atoms with Crippen LogP contribution in [-0.4, -0.2) is 16.5 Å². The molecule has 1 saturated carbocycles. The Hall–Kier alpha value is -1.36. The van der Waals surface area contributed by atoms with Gasteiger partial charge in [-0.15, -0.1) is 0 Å². The Morgan fingerprint density at radius 3 is 2.89 bits per heavy atom. The summed E-state index contributed by atoms with van der Waals surface area (Å²) in [6, 6.07) is 3.93. The first-order valence-corrected chi connectivity index (χ1v) is 7.43. The number of aromatic nitrogens is 2. The summed E-state index contributed by atoms with van der Waals surface area (Å²) in [7, 11) is 0. The molecule has 0 saturated heterocycles. The summed E-state index contributed by atoms with van der Waals surface area (Å²) in [6.45, 7) is 3.06. The topological polar surface area (TPSA) is 51.0 Å². The highest BCUT2D eigenvalue weighted by Crippen LogP contribution is 2.40. The molecule has 0 aromatic carbocycles. The van der Waals surface area contributed by atoms with Gasteiger partial charge in [0.1, 0.15) is 5.82 Å². The number of hydrogen-bond donors (Lipinski definition) is 1. The molecular weight excluding hydrogens is 306 g/mol. The lowest BCUT2D eigenvalue weighted by Crippen LogP contribution is -2.05. The largest absolute Gasteiger partial charge is 0.460 e. The molecule has 0 radical (unpaired) electrons. The molecule has 2 heterocycles. The van der Waals surface area contributed by atoms with Gasteiger partial charge in [0.05, 0.1) is 10.7 Å². The number of anilines is 1. The zero-order valence-electron chi connectivity index (χ0n) is 10.8. The van der Waals surface area contributed by atoms with Gasteiger partial charge in [-0.25, -0.2) is 9.97 Å². The maximum absolute atomic E-state index is 5.47. The van der Waals surface area contributed by atoms with E-state index >= 15 is 0 Å². The van der Waals surface area contributed by atoms with E-state index in [-0.39, 0.29) is 0 Å². The molecule has 19 heavy (non-hydrogen) atoms. The van der Waals surface area contributed by atoms with E-state index in [9.17, 15) is 0 Å². The lowest BCUT2D eigenvalue weighted by molar-refractivity contribution is 0.575. The number of hydrogen-bond acceptors (Lipinski definition) is 4. The van der Waals surface area contributed by atoms with Gasteiger partial charge in [-0.1, -0.05) is 6.92 Å². The number of rotatable bonds is 5. The van der Waals surface area contributed by atoms with Gasteiger partial charge < -0.3 is 9.73 Å². The van der Waals surface area contributed by atoms with Gasteiger partial charge in [0.15, 0.2) is 11.6 Å². The third-order valence-corrected chi connectivity index (χ3v) is 3.74. The van der Waals surface area contributed by atoms with Crippen molar-refractivity contribution in [3.63, 3.8) is 0 Å². The second-order valence-corrected chi connectivity index (χ2v) is 5.65. The molecule has 0 amide bonds. The minimum Gasteiger partial charge on any atom is -0.460 e. The van der Waals surface area contributed by atoms with E-state index in [0.717, 1.165) is 29.0 Å². The minimum absolute atomic E-state index is 0.595. The molecule has 0 unspecified atom stereocenters. The van der Waals surface area contributed by atoms with Crippen LogP contribution >= 0.6 is 15.9 Å². The van der Waals surface area contributed by atoms with Crippen LogP contribution in [-0.2, 0) is 0 Å². The fourth-order valence-electron chi connectivity index (χ4n) is 1.95. The summed E-state index contributed by atoms with van der Waals surface area (Å²) < 4.78 is 6.36. The van der Waals surface area contributed by atoms with Crippen molar-refractivity contribution in [1.29, 1.82) is 0 Å². The third-order valence-electron chi connectivity index (χ3n) is 3.12. The highest BCUT2D eigenvalue weighted by atomic mass is 79.9. The first-order valence-electron chi connectivity index (χ1n) is 6.64. The highest BCUT2D eigenvalue weighted by molar-refractivity contribution is 9.10. The Morgan fingerprint density at radius 2 is 2.26 bits per heavy atom. The van der Waals surface area contributed by atoms with Crippen LogP contribution < -0.4 is 5.32 Å². The van der Waals surface area contributed by atoms with Gasteiger partial charge in [-0.3, -0.25) is 0 Å². The number of furan rings is 1. The van der Waals surface area contributed by atoms with Gasteiger partial charge in [-0.2, -0.15) is 0 Å². The SMILES string of the molecule is CCCNc1cc(C2CC2)nc(-c2occc2Br)n1. The second-order valence-electron chi connectivity index (χ2n) is 4.80. The molecule has 1 aliphatic rings. The van der Waals surface area contributed by atoms with Crippen molar-refractivity contribution < 1.29 is 4.42 Å². The molecule has 100 valence electrons. The fraction of sp³-hybridized carbons (Fsp3) is 0.429. The predicted molar refractivity (Wildman–Crippen MR) is 78.2 cm³/mol. The van der Waals surface area contributed by atoms with Gasteiger partial charge >= 0.3 is 0 Å². The zero-order valence-corrected chi connectivity index (χ0v) is 12.4. The minimum atomic E-state index is 0.595. The molecule has 5 heteroatoms. The van der Waals surface area contributed by atoms with Crippen LogP contribution in [0.4, 0.5) is 5.82 Å². The molecule has 1 N–H and O–H groups in total. The monoisotopic (exact) mass is 321 g/mol. The normalized spacial score (nSPS) is 14.6. The summed E-state index contributed by atoms with van der Waals surface area (Å²) in [5, 5.41) is 3.33. The van der Waals surface area contributed by atoms with Crippen LogP contribution in [0, 0.1) is 0 Å². The van der Waals surface area contributed by atoms with E-state index < -0.39 is 0 Å². The van der Waals surface area contributed by atoms with Crippen molar-refractivity contribution in [2.45, 2.75) is 32.1 Å². The maximum atomic E-state index is 5.47. The Bertz CT molecular complexity index is 578. The Balaban J connectivity index is 1.98. The van der Waals surface area contributed by atoms with Crippen molar-refractivity contribution in [3.8, 4) is 11.6 Å². The molecule has 1 fully saturated rings. The quantitative estimate of drug-likeness (QED) is 0.896. The molecule has 4 nitrogen and oxygen atoms in total. The van der Waals surface area contributed by atoms with E-state index in [2.05, 4.69) is 44.2 Å². The average Bonchev–Trinajstić information content (AvgIpc) is 3.18. The van der Waals surface area contributed by atoms with Crippen molar-refractivity contribution in [2.24, 2.45) is 0 Å². The number of nitrogens with zero attached hydrogens (tertiary/aromatic N) is 2. The molecule has 1 aliphatic carbocycles. The molecule has 0 spiro atoms. The van der Waals surface area contributed by atoms with Crippen LogP contribution in [0.5, 0.6) is 0 Å². The van der Waals surface area contributed by atoms with E-state index in [0.29, 0.717) is 17.5 Å². The second kappa shape index (κ2) is 5.33. The van der Waals surface area contributed by atoms with Crippen molar-refractivity contribution in [1.82, 2.24) is 9.97 Å². The van der Waals surface area contributed by atoms with E-state index in [1.807, 2.05) is 6.07 Å². The van der Waals surface area contributed by atoms with Crippen LogP contribution in [0.1, 0.15) is 37.8 Å². The molecular formula is C14H16BrN3O. The Labute approximate surface area is 120 Å². The van der Waals surface area contributed by atoms with E-state index in [1.54, 1.807) is 6.26 Å². The van der Waals surface area contributed by atoms with Crippen LogP contribution in [0.3, 0.4) is 0 Å². The molecule has 3 rings (SSSR count). The van der Waals surface area contributed by atoms with E-state index in [4.69, 9.17) is 4.42 Å². The van der Waals surface area contributed by atoms with Gasteiger partial charge in [-0.05, 0) is 41.3 Å². The van der Waals surface area contributed by atoms with Gasteiger partial charge in [0.2, 0.25) is 0 Å². The van der Waals surface area contributed by atoms with Gasteiger partial charge in [0.25, 0.3) is 0 Å². The summed E-state index contributed by atoms with van der Waals surface area (Å²) in [5.74, 6) is 2.83. The highest BCUT2D eigenvalue weighted by Gasteiger charge is 2.27. The molecule has 0 bridgehead atoms. The van der Waals surface area contributed by atoms with Crippen LogP contribution in [0.15, 0.2) is 27.3 Å². The molecule has 0 atom stereocenters. The fourth-order valence-corrected chi connectivity index (χ4v) is 2.33. The Morgan fingerprint density at radius 1 is 1.42 bits per heavy atom. The average molecular weight is 322 g/mol. The smallest absolute Gasteiger partial charge is 0.199 e. The summed E-state index contributed by atoms with van der Waals surface area (Å²) >= 11 is 3.46. The summed E-state index contributed by atoms with van der Waals surface area (Å²) in [4.78, 5) is 9.17. The first kappa shape index (κ1) is 12.7. The lowest BCUT2D eigenvalue weighted by atomic mass is 10.2. The first-order chi connectivity index (χ1) is 9.28. The standard InChI is InChI=1S/C14H16BrN3O/c1-2-6-16-12-8-11(9-3-4-9)17-14(18-12)13-10(15)5-7-19-13/h5,7-9H,2-4,6H2,1H3,(H,16,17,18). The van der Waals surface area contributed by atoms with Crippen LogP contribution in [0.25, 0.3) is 11.6 Å². The predicted octanol–water partition coefficient (Wildman–Crippen LogP) is 4.20. The summed E-state index contributed by atoms with van der Waals surface area (Å²) in [5.41, 5.74) is 1.12. The van der Waals surface area contributed by atoms with Crippen molar-refractivity contribution in [2.75, 3.05) is 11.9 Å². The molecule has 0 aliphatic heterocycles. The van der Waals surface area contributed by atoms with Gasteiger partial charge in [0, 0.05) is 24.2 Å². The number of halogens is 1.